The molecule has 0 unspecified atom stereocenters. The van der Waals surface area contributed by atoms with Crippen LogP contribution in [0.1, 0.15) is 5.56 Å². The van der Waals surface area contributed by atoms with Crippen LogP contribution in [0.4, 0.5) is 0 Å². The number of benzene rings is 3. The van der Waals surface area contributed by atoms with Crippen LogP contribution in [0.25, 0.3) is 10.8 Å². The first kappa shape index (κ1) is 17.7. The van der Waals surface area contributed by atoms with E-state index in [1.165, 1.54) is 0 Å². The van der Waals surface area contributed by atoms with Crippen molar-refractivity contribution in [3.8, 4) is 5.75 Å². The molecule has 0 radical (unpaired) electrons. The summed E-state index contributed by atoms with van der Waals surface area (Å²) >= 11 is 5.85. The van der Waals surface area contributed by atoms with E-state index in [2.05, 4.69) is 4.72 Å². The van der Waals surface area contributed by atoms with E-state index in [0.29, 0.717) is 18.0 Å². The van der Waals surface area contributed by atoms with Gasteiger partial charge in [-0.05, 0) is 59.2 Å². The predicted molar refractivity (Wildman–Crippen MR) is 101 cm³/mol. The van der Waals surface area contributed by atoms with Gasteiger partial charge in [-0.2, -0.15) is 0 Å². The van der Waals surface area contributed by atoms with E-state index in [0.717, 1.165) is 22.1 Å². The van der Waals surface area contributed by atoms with E-state index in [4.69, 9.17) is 16.3 Å². The van der Waals surface area contributed by atoms with Crippen LogP contribution >= 0.6 is 11.6 Å². The number of hydrogen-bond donors (Lipinski definition) is 1. The normalized spacial score (nSPS) is 11.6. The Balaban J connectivity index is 1.72. The number of halogens is 1. The van der Waals surface area contributed by atoms with Crippen LogP contribution in [0.2, 0.25) is 5.02 Å². The van der Waals surface area contributed by atoms with E-state index in [1.54, 1.807) is 37.4 Å². The van der Waals surface area contributed by atoms with Crippen LogP contribution < -0.4 is 9.46 Å². The molecule has 0 fully saturated rings. The summed E-state index contributed by atoms with van der Waals surface area (Å²) in [4.78, 5) is 0.251. The molecular formula is C19H18ClNO3S. The van der Waals surface area contributed by atoms with Gasteiger partial charge in [0.15, 0.2) is 0 Å². The summed E-state index contributed by atoms with van der Waals surface area (Å²) in [5.41, 5.74) is 1.03. The van der Waals surface area contributed by atoms with Crippen molar-refractivity contribution in [3.05, 3.63) is 71.2 Å². The minimum Gasteiger partial charge on any atom is -0.497 e. The smallest absolute Gasteiger partial charge is 0.240 e. The number of hydrogen-bond acceptors (Lipinski definition) is 3. The fourth-order valence-electron chi connectivity index (χ4n) is 2.56. The number of fused-ring (bicyclic) bond motifs is 1. The fourth-order valence-corrected chi connectivity index (χ4v) is 3.75. The van der Waals surface area contributed by atoms with E-state index < -0.39 is 10.0 Å². The summed E-state index contributed by atoms with van der Waals surface area (Å²) in [6, 6.07) is 18.0. The van der Waals surface area contributed by atoms with E-state index in [-0.39, 0.29) is 4.90 Å². The summed E-state index contributed by atoms with van der Waals surface area (Å²) in [6.07, 6.45) is 0.598. The molecule has 3 rings (SSSR count). The maximum absolute atomic E-state index is 12.5. The van der Waals surface area contributed by atoms with Crippen molar-refractivity contribution in [2.24, 2.45) is 0 Å². The zero-order valence-corrected chi connectivity index (χ0v) is 15.3. The molecule has 0 saturated carbocycles. The molecular weight excluding hydrogens is 358 g/mol. The van der Waals surface area contributed by atoms with Crippen molar-refractivity contribution in [2.75, 3.05) is 13.7 Å². The third-order valence-electron chi connectivity index (χ3n) is 3.95. The second kappa shape index (κ2) is 7.44. The maximum Gasteiger partial charge on any atom is 0.240 e. The summed E-state index contributed by atoms with van der Waals surface area (Å²) in [6.45, 7) is 0.324. The van der Waals surface area contributed by atoms with Crippen molar-refractivity contribution >= 4 is 32.4 Å². The van der Waals surface area contributed by atoms with E-state index in [9.17, 15) is 8.42 Å². The summed E-state index contributed by atoms with van der Waals surface area (Å²) in [7, 11) is -1.95. The molecule has 0 heterocycles. The van der Waals surface area contributed by atoms with Gasteiger partial charge in [-0.25, -0.2) is 13.1 Å². The van der Waals surface area contributed by atoms with Crippen molar-refractivity contribution < 1.29 is 13.2 Å². The summed E-state index contributed by atoms with van der Waals surface area (Å²) in [5, 5.41) is 2.44. The van der Waals surface area contributed by atoms with Crippen LogP contribution in [0.3, 0.4) is 0 Å². The molecule has 0 aliphatic carbocycles. The molecule has 25 heavy (non-hydrogen) atoms. The highest BCUT2D eigenvalue weighted by Gasteiger charge is 2.14. The predicted octanol–water partition coefficient (Wildman–Crippen LogP) is 4.02. The SMILES string of the molecule is COc1ccc2cc(S(=O)(=O)NCCc3ccc(Cl)cc3)ccc2c1. The second-order valence-corrected chi connectivity index (χ2v) is 7.85. The van der Waals surface area contributed by atoms with Crippen molar-refractivity contribution in [1.82, 2.24) is 4.72 Å². The first-order valence-corrected chi connectivity index (χ1v) is 9.66. The highest BCUT2D eigenvalue weighted by atomic mass is 35.5. The topological polar surface area (TPSA) is 55.4 Å². The molecule has 0 aromatic heterocycles. The van der Waals surface area contributed by atoms with Gasteiger partial charge in [0.25, 0.3) is 0 Å². The number of methoxy groups -OCH3 is 1. The molecule has 6 heteroatoms. The van der Waals surface area contributed by atoms with Crippen LogP contribution in [0.5, 0.6) is 5.75 Å². The lowest BCUT2D eigenvalue weighted by Crippen LogP contribution is -2.26. The van der Waals surface area contributed by atoms with Gasteiger partial charge in [0.05, 0.1) is 12.0 Å². The van der Waals surface area contributed by atoms with Crippen molar-refractivity contribution in [3.63, 3.8) is 0 Å². The molecule has 3 aromatic carbocycles. The Morgan fingerprint density at radius 2 is 1.64 bits per heavy atom. The highest BCUT2D eigenvalue weighted by Crippen LogP contribution is 2.23. The first-order chi connectivity index (χ1) is 12.0. The molecule has 4 nitrogen and oxygen atoms in total. The van der Waals surface area contributed by atoms with Crippen molar-refractivity contribution in [1.29, 1.82) is 0 Å². The lowest BCUT2D eigenvalue weighted by Gasteiger charge is -2.09. The van der Waals surface area contributed by atoms with Crippen LogP contribution in [0, 0.1) is 0 Å². The highest BCUT2D eigenvalue weighted by molar-refractivity contribution is 7.89. The van der Waals surface area contributed by atoms with Gasteiger partial charge < -0.3 is 4.74 Å². The Labute approximate surface area is 152 Å². The Kier molecular flexibility index (Phi) is 5.27. The lowest BCUT2D eigenvalue weighted by atomic mass is 10.1. The van der Waals surface area contributed by atoms with Crippen LogP contribution in [0.15, 0.2) is 65.6 Å². The lowest BCUT2D eigenvalue weighted by molar-refractivity contribution is 0.415. The minimum atomic E-state index is -3.55. The van der Waals surface area contributed by atoms with Gasteiger partial charge in [-0.15, -0.1) is 0 Å². The second-order valence-electron chi connectivity index (χ2n) is 5.65. The molecule has 1 N–H and O–H groups in total. The third-order valence-corrected chi connectivity index (χ3v) is 5.66. The molecule has 130 valence electrons. The molecule has 3 aromatic rings. The van der Waals surface area contributed by atoms with Gasteiger partial charge in [0.2, 0.25) is 10.0 Å². The van der Waals surface area contributed by atoms with Gasteiger partial charge in [-0.3, -0.25) is 0 Å². The zero-order valence-electron chi connectivity index (χ0n) is 13.7. The fraction of sp³-hybridized carbons (Fsp3) is 0.158. The molecule has 0 amide bonds. The van der Waals surface area contributed by atoms with Gasteiger partial charge in [0.1, 0.15) is 5.75 Å². The average Bonchev–Trinajstić information content (AvgIpc) is 2.62. The largest absolute Gasteiger partial charge is 0.497 e. The average molecular weight is 376 g/mol. The number of sulfonamides is 1. The van der Waals surface area contributed by atoms with Crippen molar-refractivity contribution in [2.45, 2.75) is 11.3 Å². The molecule has 0 aliphatic heterocycles. The Morgan fingerprint density at radius 1 is 0.960 bits per heavy atom. The molecule has 0 spiro atoms. The minimum absolute atomic E-state index is 0.251. The maximum atomic E-state index is 12.5. The quantitative estimate of drug-likeness (QED) is 0.707. The Morgan fingerprint density at radius 3 is 2.36 bits per heavy atom. The van der Waals surface area contributed by atoms with Gasteiger partial charge in [0, 0.05) is 11.6 Å². The Hall–Kier alpha value is -2.08. The number of ether oxygens (including phenoxy) is 1. The molecule has 0 bridgehead atoms. The van der Waals surface area contributed by atoms with E-state index >= 15 is 0 Å². The monoisotopic (exact) mass is 375 g/mol. The Bertz CT molecular complexity index is 985. The molecule has 0 saturated heterocycles. The summed E-state index contributed by atoms with van der Waals surface area (Å²) < 4.78 is 32.8. The van der Waals surface area contributed by atoms with E-state index in [1.807, 2.05) is 30.3 Å². The van der Waals surface area contributed by atoms with Gasteiger partial charge in [-0.1, -0.05) is 35.9 Å². The molecule has 0 aliphatic rings. The van der Waals surface area contributed by atoms with Crippen LogP contribution in [-0.4, -0.2) is 22.1 Å². The third kappa shape index (κ3) is 4.31. The number of rotatable bonds is 6. The molecule has 0 atom stereocenters. The van der Waals surface area contributed by atoms with Gasteiger partial charge >= 0.3 is 0 Å². The summed E-state index contributed by atoms with van der Waals surface area (Å²) in [5.74, 6) is 0.740. The van der Waals surface area contributed by atoms with Crippen LogP contribution in [-0.2, 0) is 16.4 Å². The first-order valence-electron chi connectivity index (χ1n) is 7.80. The zero-order chi connectivity index (χ0) is 17.9. The standard InChI is InChI=1S/C19H18ClNO3S/c1-24-18-8-4-16-13-19(9-5-15(16)12-18)25(22,23)21-11-10-14-2-6-17(20)7-3-14/h2-9,12-13,21H,10-11H2,1H3. The number of nitrogens with one attached hydrogen (secondary N) is 1.